The normalized spacial score (nSPS) is 10.3. The number of nitrogens with zero attached hydrogens (tertiary/aromatic N) is 1. The Balaban J connectivity index is 1.99. The van der Waals surface area contributed by atoms with E-state index in [9.17, 15) is 14.4 Å². The van der Waals surface area contributed by atoms with Gasteiger partial charge in [0.05, 0.1) is 0 Å². The third-order valence-corrected chi connectivity index (χ3v) is 4.28. The lowest BCUT2D eigenvalue weighted by Gasteiger charge is -2.18. The van der Waals surface area contributed by atoms with Gasteiger partial charge in [-0.3, -0.25) is 14.4 Å². The van der Waals surface area contributed by atoms with Crippen LogP contribution in [-0.2, 0) is 11.2 Å². The minimum absolute atomic E-state index is 0.0519. The van der Waals surface area contributed by atoms with Crippen LogP contribution < -0.4 is 5.32 Å². The van der Waals surface area contributed by atoms with E-state index in [0.29, 0.717) is 36.3 Å². The molecule has 2 aromatic rings. The summed E-state index contributed by atoms with van der Waals surface area (Å²) in [6.45, 7) is 5.13. The van der Waals surface area contributed by atoms with Crippen molar-refractivity contribution in [2.45, 2.75) is 26.7 Å². The van der Waals surface area contributed by atoms with Gasteiger partial charge in [-0.15, -0.1) is 0 Å². The van der Waals surface area contributed by atoms with Crippen molar-refractivity contribution in [2.24, 2.45) is 0 Å². The summed E-state index contributed by atoms with van der Waals surface area (Å²) in [6.07, 6.45) is 0.524. The van der Waals surface area contributed by atoms with Crippen molar-refractivity contribution < 1.29 is 19.5 Å². The predicted octanol–water partition coefficient (Wildman–Crippen LogP) is 3.44. The van der Waals surface area contributed by atoms with Gasteiger partial charge >= 0.3 is 5.97 Å². The highest BCUT2D eigenvalue weighted by Crippen LogP contribution is 2.14. The van der Waals surface area contributed by atoms with E-state index in [-0.39, 0.29) is 18.2 Å². The van der Waals surface area contributed by atoms with Crippen molar-refractivity contribution in [3.05, 3.63) is 65.2 Å². The van der Waals surface area contributed by atoms with Crippen molar-refractivity contribution in [2.75, 3.05) is 18.4 Å². The number of carbonyl (C=O) groups excluding carboxylic acids is 2. The molecule has 0 spiro atoms. The van der Waals surface area contributed by atoms with Gasteiger partial charge in [-0.05, 0) is 62.2 Å². The van der Waals surface area contributed by atoms with Crippen LogP contribution >= 0.6 is 0 Å². The Morgan fingerprint density at radius 1 is 0.889 bits per heavy atom. The molecule has 0 aliphatic carbocycles. The molecule has 0 atom stereocenters. The molecule has 0 aromatic heterocycles. The number of aliphatic carboxylic acids is 1. The van der Waals surface area contributed by atoms with E-state index >= 15 is 0 Å². The van der Waals surface area contributed by atoms with Crippen LogP contribution in [-0.4, -0.2) is 40.9 Å². The second-order valence-corrected chi connectivity index (χ2v) is 6.10. The average Bonchev–Trinajstić information content (AvgIpc) is 2.68. The van der Waals surface area contributed by atoms with Gasteiger partial charge < -0.3 is 15.3 Å². The molecule has 6 heteroatoms. The van der Waals surface area contributed by atoms with E-state index in [1.54, 1.807) is 53.4 Å². The zero-order chi connectivity index (χ0) is 19.8. The predicted molar refractivity (Wildman–Crippen MR) is 104 cm³/mol. The standard InChI is InChI=1S/C21H24N2O4/c1-3-23(4-2)21(27)17-10-8-16(9-11-17)20(26)22-18-12-5-15(6-13-18)7-14-19(24)25/h5-6,8-13H,3-4,7,14H2,1-2H3,(H,22,26)(H,24,25). The van der Waals surface area contributed by atoms with Crippen LogP contribution in [0.5, 0.6) is 0 Å². The van der Waals surface area contributed by atoms with Crippen molar-refractivity contribution >= 4 is 23.5 Å². The Bertz CT molecular complexity index is 794. The largest absolute Gasteiger partial charge is 0.481 e. The van der Waals surface area contributed by atoms with Crippen LogP contribution in [0.15, 0.2) is 48.5 Å². The third-order valence-electron chi connectivity index (χ3n) is 4.28. The molecule has 0 fully saturated rings. The van der Waals surface area contributed by atoms with Gasteiger partial charge in [0.15, 0.2) is 0 Å². The third kappa shape index (κ3) is 5.67. The van der Waals surface area contributed by atoms with E-state index in [1.165, 1.54) is 0 Å². The zero-order valence-electron chi connectivity index (χ0n) is 15.6. The molecule has 2 aromatic carbocycles. The van der Waals surface area contributed by atoms with Gasteiger partial charge in [0.25, 0.3) is 11.8 Å². The smallest absolute Gasteiger partial charge is 0.303 e. The monoisotopic (exact) mass is 368 g/mol. The summed E-state index contributed by atoms with van der Waals surface area (Å²) in [5, 5.41) is 11.5. The summed E-state index contributed by atoms with van der Waals surface area (Å²) in [7, 11) is 0. The van der Waals surface area contributed by atoms with E-state index < -0.39 is 5.97 Å². The minimum atomic E-state index is -0.838. The first-order valence-electron chi connectivity index (χ1n) is 8.96. The number of benzene rings is 2. The molecule has 0 saturated heterocycles. The van der Waals surface area contributed by atoms with Crippen LogP contribution in [0.1, 0.15) is 46.5 Å². The Hall–Kier alpha value is -3.15. The van der Waals surface area contributed by atoms with E-state index in [0.717, 1.165) is 5.56 Å². The molecular formula is C21H24N2O4. The minimum Gasteiger partial charge on any atom is -0.481 e. The number of anilines is 1. The Morgan fingerprint density at radius 3 is 1.96 bits per heavy atom. The molecule has 2 amide bonds. The first kappa shape index (κ1) is 20.2. The number of aryl methyl sites for hydroxylation is 1. The molecule has 2 N–H and O–H groups in total. The second-order valence-electron chi connectivity index (χ2n) is 6.10. The lowest BCUT2D eigenvalue weighted by atomic mass is 10.1. The molecule has 6 nitrogen and oxygen atoms in total. The fourth-order valence-electron chi connectivity index (χ4n) is 2.67. The fourth-order valence-corrected chi connectivity index (χ4v) is 2.67. The Kier molecular flexibility index (Phi) is 7.11. The molecule has 0 aliphatic rings. The van der Waals surface area contributed by atoms with E-state index in [4.69, 9.17) is 5.11 Å². The second kappa shape index (κ2) is 9.52. The number of carboxylic acid groups (broad SMARTS) is 1. The van der Waals surface area contributed by atoms with Crippen LogP contribution in [0, 0.1) is 0 Å². The Labute approximate surface area is 158 Å². The maximum Gasteiger partial charge on any atom is 0.303 e. The lowest BCUT2D eigenvalue weighted by Crippen LogP contribution is -2.30. The maximum absolute atomic E-state index is 12.4. The number of carbonyl (C=O) groups is 3. The van der Waals surface area contributed by atoms with Crippen molar-refractivity contribution in [3.8, 4) is 0 Å². The SMILES string of the molecule is CCN(CC)C(=O)c1ccc(C(=O)Nc2ccc(CCC(=O)O)cc2)cc1. The first-order valence-corrected chi connectivity index (χ1v) is 8.96. The molecule has 0 aliphatic heterocycles. The molecule has 2 rings (SSSR count). The highest BCUT2D eigenvalue weighted by atomic mass is 16.4. The first-order chi connectivity index (χ1) is 12.9. The summed E-state index contributed by atoms with van der Waals surface area (Å²) >= 11 is 0. The molecule has 0 saturated carbocycles. The number of nitrogens with one attached hydrogen (secondary N) is 1. The van der Waals surface area contributed by atoms with Crippen LogP contribution in [0.2, 0.25) is 0 Å². The zero-order valence-corrected chi connectivity index (χ0v) is 15.6. The molecule has 27 heavy (non-hydrogen) atoms. The molecule has 142 valence electrons. The van der Waals surface area contributed by atoms with Gasteiger partial charge in [-0.2, -0.15) is 0 Å². The molecular weight excluding hydrogens is 344 g/mol. The Morgan fingerprint density at radius 2 is 1.44 bits per heavy atom. The highest BCUT2D eigenvalue weighted by Gasteiger charge is 2.13. The van der Waals surface area contributed by atoms with Gasteiger partial charge in [-0.25, -0.2) is 0 Å². The highest BCUT2D eigenvalue weighted by molar-refractivity contribution is 6.05. The maximum atomic E-state index is 12.4. The number of carboxylic acids is 1. The summed E-state index contributed by atoms with van der Waals surface area (Å²) in [5.41, 5.74) is 2.54. The van der Waals surface area contributed by atoms with Crippen molar-refractivity contribution in [1.29, 1.82) is 0 Å². The quantitative estimate of drug-likeness (QED) is 0.747. The summed E-state index contributed by atoms with van der Waals surface area (Å²) in [6, 6.07) is 13.7. The average molecular weight is 368 g/mol. The molecule has 0 bridgehead atoms. The van der Waals surface area contributed by atoms with Gasteiger partial charge in [-0.1, -0.05) is 12.1 Å². The number of hydrogen-bond acceptors (Lipinski definition) is 3. The molecule has 0 heterocycles. The molecule has 0 unspecified atom stereocenters. The fraction of sp³-hybridized carbons (Fsp3) is 0.286. The van der Waals surface area contributed by atoms with Gasteiger partial charge in [0.1, 0.15) is 0 Å². The summed E-state index contributed by atoms with van der Waals surface area (Å²) in [5.74, 6) is -1.16. The number of amides is 2. The number of hydrogen-bond donors (Lipinski definition) is 2. The van der Waals surface area contributed by atoms with Crippen molar-refractivity contribution in [3.63, 3.8) is 0 Å². The van der Waals surface area contributed by atoms with Crippen LogP contribution in [0.3, 0.4) is 0 Å². The summed E-state index contributed by atoms with van der Waals surface area (Å²) in [4.78, 5) is 37.0. The van der Waals surface area contributed by atoms with Crippen LogP contribution in [0.25, 0.3) is 0 Å². The van der Waals surface area contributed by atoms with Gasteiger partial charge in [0.2, 0.25) is 0 Å². The van der Waals surface area contributed by atoms with E-state index in [2.05, 4.69) is 5.32 Å². The van der Waals surface area contributed by atoms with Crippen LogP contribution in [0.4, 0.5) is 5.69 Å². The molecule has 0 radical (unpaired) electrons. The summed E-state index contributed by atoms with van der Waals surface area (Å²) < 4.78 is 0. The van der Waals surface area contributed by atoms with Crippen molar-refractivity contribution in [1.82, 2.24) is 4.90 Å². The number of rotatable bonds is 8. The topological polar surface area (TPSA) is 86.7 Å². The van der Waals surface area contributed by atoms with E-state index in [1.807, 2.05) is 13.8 Å². The van der Waals surface area contributed by atoms with Gasteiger partial charge in [0, 0.05) is 36.3 Å². The lowest BCUT2D eigenvalue weighted by molar-refractivity contribution is -0.136.